The number of anilines is 2. The number of alkyl halides is 3. The molecule has 1 aliphatic heterocycles. The number of hydrogen-bond acceptors (Lipinski definition) is 6. The molecule has 5 rings (SSSR count). The maximum Gasteiger partial charge on any atom is 0.417 e. The summed E-state index contributed by atoms with van der Waals surface area (Å²) in [4.78, 5) is 15.6. The standard InChI is InChI=1S/C21H23F3N6S/c22-21(23,24)14-11-17(25)27-12-15(14)31-16-13-28-19(30-10-7-26-18(16)30)29-8-5-20(6-9-29)3-1-2-4-20/h7,10-13H,1-6,8-9H2,(H2,25,27). The smallest absolute Gasteiger partial charge is 0.384 e. The predicted octanol–water partition coefficient (Wildman–Crippen LogP) is 5.04. The molecule has 0 amide bonds. The summed E-state index contributed by atoms with van der Waals surface area (Å²) in [5, 5.41) is 0. The van der Waals surface area contributed by atoms with Gasteiger partial charge in [-0.05, 0) is 37.2 Å². The molecule has 2 N–H and O–H groups in total. The third kappa shape index (κ3) is 3.81. The van der Waals surface area contributed by atoms with Crippen molar-refractivity contribution in [2.75, 3.05) is 23.7 Å². The molecule has 0 unspecified atom stereocenters. The van der Waals surface area contributed by atoms with Crippen LogP contribution in [-0.4, -0.2) is 32.4 Å². The van der Waals surface area contributed by atoms with E-state index in [1.54, 1.807) is 12.4 Å². The molecule has 164 valence electrons. The minimum Gasteiger partial charge on any atom is -0.384 e. The van der Waals surface area contributed by atoms with Crippen molar-refractivity contribution in [3.05, 3.63) is 36.4 Å². The topological polar surface area (TPSA) is 72.3 Å². The molecule has 3 aromatic heterocycles. The van der Waals surface area contributed by atoms with E-state index in [1.165, 1.54) is 25.7 Å². The lowest BCUT2D eigenvalue weighted by Gasteiger charge is -2.39. The number of nitrogens with zero attached hydrogens (tertiary/aromatic N) is 5. The first-order valence-corrected chi connectivity index (χ1v) is 11.2. The van der Waals surface area contributed by atoms with Gasteiger partial charge in [0.15, 0.2) is 5.65 Å². The van der Waals surface area contributed by atoms with Crippen molar-refractivity contribution >= 4 is 29.2 Å². The number of nitrogens with two attached hydrogens (primary N) is 1. The Kier molecular flexibility index (Phi) is 4.99. The molecule has 0 bridgehead atoms. The first-order valence-electron chi connectivity index (χ1n) is 10.4. The van der Waals surface area contributed by atoms with Gasteiger partial charge >= 0.3 is 6.18 Å². The molecule has 0 atom stereocenters. The van der Waals surface area contributed by atoms with E-state index >= 15 is 0 Å². The number of hydrogen-bond donors (Lipinski definition) is 1. The van der Waals surface area contributed by atoms with E-state index in [2.05, 4.69) is 19.9 Å². The molecule has 2 fully saturated rings. The third-order valence-corrected chi connectivity index (χ3v) is 7.61. The van der Waals surface area contributed by atoms with Crippen molar-refractivity contribution in [3.63, 3.8) is 0 Å². The summed E-state index contributed by atoms with van der Waals surface area (Å²) in [5.41, 5.74) is 5.75. The average Bonchev–Trinajstić information content (AvgIpc) is 3.40. The van der Waals surface area contributed by atoms with E-state index in [0.717, 1.165) is 55.9 Å². The summed E-state index contributed by atoms with van der Waals surface area (Å²) >= 11 is 0.952. The zero-order valence-electron chi connectivity index (χ0n) is 16.9. The van der Waals surface area contributed by atoms with Crippen LogP contribution in [-0.2, 0) is 6.18 Å². The highest BCUT2D eigenvalue weighted by molar-refractivity contribution is 7.99. The summed E-state index contributed by atoms with van der Waals surface area (Å²) in [6.45, 7) is 1.87. The van der Waals surface area contributed by atoms with Crippen LogP contribution in [0.5, 0.6) is 0 Å². The Morgan fingerprint density at radius 1 is 0.968 bits per heavy atom. The minimum atomic E-state index is -4.53. The van der Waals surface area contributed by atoms with E-state index in [-0.39, 0.29) is 10.7 Å². The molecular formula is C21H23F3N6S. The molecule has 10 heteroatoms. The van der Waals surface area contributed by atoms with Gasteiger partial charge in [-0.3, -0.25) is 4.40 Å². The summed E-state index contributed by atoms with van der Waals surface area (Å²) in [5.74, 6) is 0.623. The number of halogens is 3. The number of imidazole rings is 1. The van der Waals surface area contributed by atoms with Crippen LogP contribution in [0.25, 0.3) is 5.65 Å². The van der Waals surface area contributed by atoms with Crippen LogP contribution in [0.4, 0.5) is 24.9 Å². The van der Waals surface area contributed by atoms with Crippen LogP contribution in [0.2, 0.25) is 0 Å². The van der Waals surface area contributed by atoms with Gasteiger partial charge in [0.05, 0.1) is 10.5 Å². The van der Waals surface area contributed by atoms with Crippen LogP contribution < -0.4 is 10.6 Å². The maximum absolute atomic E-state index is 13.5. The van der Waals surface area contributed by atoms with Crippen LogP contribution >= 0.6 is 11.8 Å². The van der Waals surface area contributed by atoms with Crippen LogP contribution in [0.3, 0.4) is 0 Å². The lowest BCUT2D eigenvalue weighted by atomic mass is 9.77. The van der Waals surface area contributed by atoms with Crippen molar-refractivity contribution in [3.8, 4) is 0 Å². The molecule has 1 saturated heterocycles. The van der Waals surface area contributed by atoms with Crippen molar-refractivity contribution in [1.29, 1.82) is 0 Å². The number of rotatable bonds is 3. The van der Waals surface area contributed by atoms with Gasteiger partial charge in [-0.25, -0.2) is 15.0 Å². The molecule has 1 saturated carbocycles. The number of pyridine rings is 1. The Labute approximate surface area is 182 Å². The molecule has 0 radical (unpaired) electrons. The number of nitrogen functional groups attached to an aromatic ring is 1. The first kappa shape index (κ1) is 20.4. The Hall–Kier alpha value is -2.49. The van der Waals surface area contributed by atoms with Crippen molar-refractivity contribution in [1.82, 2.24) is 19.4 Å². The molecular weight excluding hydrogens is 425 g/mol. The second-order valence-corrected chi connectivity index (χ2v) is 9.53. The maximum atomic E-state index is 13.5. The van der Waals surface area contributed by atoms with E-state index in [1.807, 2.05) is 10.6 Å². The van der Waals surface area contributed by atoms with Crippen molar-refractivity contribution in [2.45, 2.75) is 54.5 Å². The second kappa shape index (κ2) is 7.58. The number of aromatic nitrogens is 4. The Morgan fingerprint density at radius 2 is 1.68 bits per heavy atom. The molecule has 4 heterocycles. The number of piperidine rings is 1. The summed E-state index contributed by atoms with van der Waals surface area (Å²) in [7, 11) is 0. The van der Waals surface area contributed by atoms with Crippen molar-refractivity contribution < 1.29 is 13.2 Å². The van der Waals surface area contributed by atoms with E-state index in [9.17, 15) is 13.2 Å². The largest absolute Gasteiger partial charge is 0.417 e. The predicted molar refractivity (Wildman–Crippen MR) is 113 cm³/mol. The molecule has 31 heavy (non-hydrogen) atoms. The molecule has 1 aliphatic carbocycles. The molecule has 6 nitrogen and oxygen atoms in total. The van der Waals surface area contributed by atoms with Gasteiger partial charge in [-0.2, -0.15) is 13.2 Å². The van der Waals surface area contributed by atoms with Crippen LogP contribution in [0, 0.1) is 5.41 Å². The van der Waals surface area contributed by atoms with Crippen molar-refractivity contribution in [2.24, 2.45) is 5.41 Å². The Bertz CT molecular complexity index is 1100. The van der Waals surface area contributed by atoms with Crippen LogP contribution in [0.1, 0.15) is 44.1 Å². The summed E-state index contributed by atoms with van der Waals surface area (Å²) < 4.78 is 42.3. The van der Waals surface area contributed by atoms with E-state index in [4.69, 9.17) is 5.73 Å². The Morgan fingerprint density at radius 3 is 2.39 bits per heavy atom. The zero-order chi connectivity index (χ0) is 21.6. The zero-order valence-corrected chi connectivity index (χ0v) is 17.7. The highest BCUT2D eigenvalue weighted by atomic mass is 32.2. The first-order chi connectivity index (χ1) is 14.8. The minimum absolute atomic E-state index is 0.0257. The van der Waals surface area contributed by atoms with Gasteiger partial charge in [0.1, 0.15) is 5.82 Å². The fourth-order valence-electron chi connectivity index (χ4n) is 4.88. The number of fused-ring (bicyclic) bond motifs is 1. The average molecular weight is 449 g/mol. The van der Waals surface area contributed by atoms with Gasteiger partial charge in [0.2, 0.25) is 5.95 Å². The fourth-order valence-corrected chi connectivity index (χ4v) is 5.85. The normalized spacial score (nSPS) is 18.9. The quantitative estimate of drug-likeness (QED) is 0.605. The van der Waals surface area contributed by atoms with E-state index in [0.29, 0.717) is 16.0 Å². The molecule has 3 aromatic rings. The monoisotopic (exact) mass is 448 g/mol. The summed E-state index contributed by atoms with van der Waals surface area (Å²) in [6, 6.07) is 0.861. The van der Waals surface area contributed by atoms with Gasteiger partial charge in [-0.1, -0.05) is 24.6 Å². The summed E-state index contributed by atoms with van der Waals surface area (Å²) in [6.07, 6.45) is 9.32. The molecule has 2 aliphatic rings. The Balaban J connectivity index is 1.44. The van der Waals surface area contributed by atoms with E-state index < -0.39 is 11.7 Å². The highest BCUT2D eigenvalue weighted by Gasteiger charge is 2.38. The lowest BCUT2D eigenvalue weighted by Crippen LogP contribution is -2.40. The fraction of sp³-hybridized carbons (Fsp3) is 0.476. The van der Waals surface area contributed by atoms with Crippen LogP contribution in [0.15, 0.2) is 40.6 Å². The van der Waals surface area contributed by atoms with Gasteiger partial charge in [-0.15, -0.1) is 0 Å². The SMILES string of the molecule is Nc1cc(C(F)(F)F)c(Sc2cnc(N3CCC4(CCCC4)CC3)n3ccnc23)cn1. The third-order valence-electron chi connectivity index (χ3n) is 6.56. The second-order valence-electron chi connectivity index (χ2n) is 8.44. The van der Waals surface area contributed by atoms with Gasteiger partial charge in [0.25, 0.3) is 0 Å². The molecule has 0 aromatic carbocycles. The van der Waals surface area contributed by atoms with Gasteiger partial charge < -0.3 is 10.6 Å². The lowest BCUT2D eigenvalue weighted by molar-refractivity contribution is -0.139. The highest BCUT2D eigenvalue weighted by Crippen LogP contribution is 2.47. The molecule has 1 spiro atoms. The van der Waals surface area contributed by atoms with Gasteiger partial charge in [0, 0.05) is 42.8 Å².